The molecule has 0 aliphatic rings. The van der Waals surface area contributed by atoms with Gasteiger partial charge in [0.25, 0.3) is 5.91 Å². The number of nitrogens with two attached hydrogens (primary N) is 1. The molecule has 0 saturated heterocycles. The van der Waals surface area contributed by atoms with E-state index in [9.17, 15) is 14.4 Å². The zero-order valence-corrected chi connectivity index (χ0v) is 20.0. The Morgan fingerprint density at radius 3 is 2.50 bits per heavy atom. The smallest absolute Gasteiger partial charge is 0.407 e. The molecule has 11 nitrogen and oxygen atoms in total. The number of carbonyl (C=O) groups excluding carboxylic acids is 3. The zero-order chi connectivity index (χ0) is 25.0. The van der Waals surface area contributed by atoms with Crippen LogP contribution in [0.15, 0.2) is 22.6 Å². The lowest BCUT2D eigenvalue weighted by molar-refractivity contribution is 0.0526. The highest BCUT2D eigenvalue weighted by molar-refractivity contribution is 6.03. The molecule has 0 fully saturated rings. The molecule has 2 aromatic heterocycles. The predicted molar refractivity (Wildman–Crippen MR) is 126 cm³/mol. The first-order valence-corrected chi connectivity index (χ1v) is 11.0. The molecule has 2 heterocycles. The number of aryl methyl sites for hydroxylation is 3. The maximum atomic E-state index is 12.8. The van der Waals surface area contributed by atoms with Crippen molar-refractivity contribution in [3.63, 3.8) is 0 Å². The van der Waals surface area contributed by atoms with Crippen LogP contribution in [0, 0.1) is 13.8 Å². The Morgan fingerprint density at radius 2 is 1.88 bits per heavy atom. The van der Waals surface area contributed by atoms with E-state index in [2.05, 4.69) is 20.6 Å². The number of anilines is 1. The second kappa shape index (κ2) is 9.94. The third-order valence-electron chi connectivity index (χ3n) is 4.84. The van der Waals surface area contributed by atoms with Crippen LogP contribution >= 0.6 is 0 Å². The number of aromatic nitrogens is 3. The molecule has 0 radical (unpaired) electrons. The summed E-state index contributed by atoms with van der Waals surface area (Å²) in [7, 11) is 0. The number of alkyl carbamates (subject to hydrolysis) is 1. The van der Waals surface area contributed by atoms with Crippen molar-refractivity contribution in [2.75, 3.05) is 11.9 Å². The molecule has 3 rings (SSSR count). The van der Waals surface area contributed by atoms with Crippen LogP contribution in [0.4, 0.5) is 10.7 Å². The number of imidazole rings is 1. The zero-order valence-electron chi connectivity index (χ0n) is 20.0. The minimum atomic E-state index is -0.567. The molecule has 0 aliphatic carbocycles. The second-order valence-electron chi connectivity index (χ2n) is 8.89. The van der Waals surface area contributed by atoms with E-state index in [1.54, 1.807) is 52.8 Å². The summed E-state index contributed by atoms with van der Waals surface area (Å²) in [6.45, 7) is 9.70. The van der Waals surface area contributed by atoms with E-state index in [1.807, 2.05) is 4.57 Å². The Balaban J connectivity index is 1.75. The summed E-state index contributed by atoms with van der Waals surface area (Å²) in [5.41, 5.74) is 6.87. The van der Waals surface area contributed by atoms with Crippen molar-refractivity contribution in [2.45, 2.75) is 59.6 Å². The molecule has 182 valence electrons. The first-order valence-electron chi connectivity index (χ1n) is 11.0. The number of rotatable bonds is 8. The Kier molecular flexibility index (Phi) is 7.23. The van der Waals surface area contributed by atoms with Crippen LogP contribution in [0.25, 0.3) is 11.0 Å². The summed E-state index contributed by atoms with van der Waals surface area (Å²) in [6.07, 6.45) is 0.888. The fourth-order valence-corrected chi connectivity index (χ4v) is 3.40. The summed E-state index contributed by atoms with van der Waals surface area (Å²) in [4.78, 5) is 44.8. The summed E-state index contributed by atoms with van der Waals surface area (Å²) < 4.78 is 12.5. The SMILES string of the molecule is Cc1nc(C)c(C(=O)Nc2nc3cc(C(N)=O)ccc3n2CCCCNC(=O)OC(C)(C)C)o1. The maximum Gasteiger partial charge on any atom is 0.407 e. The van der Waals surface area contributed by atoms with E-state index in [0.717, 1.165) is 5.52 Å². The molecule has 0 bridgehead atoms. The molecule has 4 N–H and O–H groups in total. The second-order valence-corrected chi connectivity index (χ2v) is 8.89. The molecule has 0 saturated carbocycles. The van der Waals surface area contributed by atoms with Crippen molar-refractivity contribution >= 4 is 34.9 Å². The van der Waals surface area contributed by atoms with Gasteiger partial charge in [0, 0.05) is 25.6 Å². The van der Waals surface area contributed by atoms with E-state index in [4.69, 9.17) is 14.9 Å². The highest BCUT2D eigenvalue weighted by Crippen LogP contribution is 2.23. The molecule has 3 amide bonds. The molecular formula is C23H30N6O5. The fourth-order valence-electron chi connectivity index (χ4n) is 3.40. The minimum Gasteiger partial charge on any atom is -0.444 e. The molecule has 0 unspecified atom stereocenters. The Bertz CT molecular complexity index is 1220. The molecule has 0 spiro atoms. The van der Waals surface area contributed by atoms with E-state index in [-0.39, 0.29) is 5.76 Å². The predicted octanol–water partition coefficient (Wildman–Crippen LogP) is 3.30. The summed E-state index contributed by atoms with van der Waals surface area (Å²) in [6, 6.07) is 4.93. The highest BCUT2D eigenvalue weighted by atomic mass is 16.6. The van der Waals surface area contributed by atoms with Crippen molar-refractivity contribution in [1.29, 1.82) is 0 Å². The van der Waals surface area contributed by atoms with Crippen LogP contribution in [0.1, 0.15) is 66.1 Å². The van der Waals surface area contributed by atoms with Crippen LogP contribution in [0.2, 0.25) is 0 Å². The Morgan fingerprint density at radius 1 is 1.15 bits per heavy atom. The van der Waals surface area contributed by atoms with Gasteiger partial charge in [-0.15, -0.1) is 0 Å². The van der Waals surface area contributed by atoms with Gasteiger partial charge in [-0.1, -0.05) is 0 Å². The van der Waals surface area contributed by atoms with Crippen LogP contribution in [-0.2, 0) is 11.3 Å². The number of ether oxygens (including phenoxy) is 1. The number of amides is 3. The third-order valence-corrected chi connectivity index (χ3v) is 4.84. The van der Waals surface area contributed by atoms with E-state index in [1.165, 1.54) is 0 Å². The Hall–Kier alpha value is -3.89. The molecule has 1 aromatic carbocycles. The first kappa shape index (κ1) is 24.7. The fraction of sp³-hybridized carbons (Fsp3) is 0.435. The quantitative estimate of drug-likeness (QED) is 0.427. The lowest BCUT2D eigenvalue weighted by Crippen LogP contribution is -2.33. The number of unbranched alkanes of at least 4 members (excludes halogenated alkanes) is 1. The van der Waals surface area contributed by atoms with Gasteiger partial charge in [0.1, 0.15) is 5.60 Å². The van der Waals surface area contributed by atoms with Crippen molar-refractivity contribution in [2.24, 2.45) is 5.73 Å². The number of carbonyl (C=O) groups is 3. The average Bonchev–Trinajstić information content (AvgIpc) is 3.24. The molecular weight excluding hydrogens is 440 g/mol. The van der Waals surface area contributed by atoms with Crippen molar-refractivity contribution in [1.82, 2.24) is 19.9 Å². The number of hydrogen-bond acceptors (Lipinski definition) is 7. The number of hydrogen-bond donors (Lipinski definition) is 3. The van der Waals surface area contributed by atoms with Crippen LogP contribution in [-0.4, -0.2) is 44.6 Å². The van der Waals surface area contributed by atoms with E-state index >= 15 is 0 Å². The maximum absolute atomic E-state index is 12.8. The van der Waals surface area contributed by atoms with Crippen molar-refractivity contribution in [3.8, 4) is 0 Å². The lowest BCUT2D eigenvalue weighted by Gasteiger charge is -2.19. The van der Waals surface area contributed by atoms with Crippen LogP contribution < -0.4 is 16.4 Å². The van der Waals surface area contributed by atoms with Gasteiger partial charge < -0.3 is 24.8 Å². The third kappa shape index (κ3) is 6.12. The van der Waals surface area contributed by atoms with Gasteiger partial charge in [0.05, 0.1) is 16.7 Å². The topological polar surface area (TPSA) is 154 Å². The number of fused-ring (bicyclic) bond motifs is 1. The van der Waals surface area contributed by atoms with Gasteiger partial charge in [-0.25, -0.2) is 14.8 Å². The summed E-state index contributed by atoms with van der Waals surface area (Å²) >= 11 is 0. The first-order chi connectivity index (χ1) is 15.9. The van der Waals surface area contributed by atoms with E-state index < -0.39 is 23.5 Å². The minimum absolute atomic E-state index is 0.107. The van der Waals surface area contributed by atoms with Gasteiger partial charge in [-0.3, -0.25) is 14.9 Å². The van der Waals surface area contributed by atoms with Crippen LogP contribution in [0.5, 0.6) is 0 Å². The number of nitrogens with zero attached hydrogens (tertiary/aromatic N) is 3. The molecule has 11 heteroatoms. The molecule has 0 aliphatic heterocycles. The van der Waals surface area contributed by atoms with Gasteiger partial charge in [0.15, 0.2) is 5.89 Å². The van der Waals surface area contributed by atoms with Crippen molar-refractivity contribution in [3.05, 3.63) is 41.1 Å². The van der Waals surface area contributed by atoms with Gasteiger partial charge >= 0.3 is 6.09 Å². The largest absolute Gasteiger partial charge is 0.444 e. The van der Waals surface area contributed by atoms with Gasteiger partial charge in [0.2, 0.25) is 17.6 Å². The standard InChI is InChI=1S/C23H30N6O5/c1-13-18(33-14(2)26-13)20(31)28-21-27-16-12-15(19(24)30)8-9-17(16)29(21)11-7-6-10-25-22(32)34-23(3,4)5/h8-9,12H,6-7,10-11H2,1-5H3,(H2,24,30)(H,25,32)(H,27,28,31). The van der Waals surface area contributed by atoms with Gasteiger partial charge in [-0.05, 0) is 58.7 Å². The Labute approximate surface area is 197 Å². The number of benzene rings is 1. The number of primary amides is 1. The number of nitrogens with one attached hydrogen (secondary N) is 2. The molecule has 34 heavy (non-hydrogen) atoms. The lowest BCUT2D eigenvalue weighted by atomic mass is 10.2. The van der Waals surface area contributed by atoms with E-state index in [0.29, 0.717) is 54.5 Å². The number of oxazole rings is 1. The molecule has 0 atom stereocenters. The highest BCUT2D eigenvalue weighted by Gasteiger charge is 2.20. The molecule has 3 aromatic rings. The summed E-state index contributed by atoms with van der Waals surface area (Å²) in [5.74, 6) is -0.246. The summed E-state index contributed by atoms with van der Waals surface area (Å²) in [5, 5.41) is 5.50. The average molecular weight is 471 g/mol. The normalized spacial score (nSPS) is 11.4. The van der Waals surface area contributed by atoms with Crippen molar-refractivity contribution < 1.29 is 23.5 Å². The van der Waals surface area contributed by atoms with Gasteiger partial charge in [-0.2, -0.15) is 0 Å². The van der Waals surface area contributed by atoms with Crippen LogP contribution in [0.3, 0.4) is 0 Å². The monoisotopic (exact) mass is 470 g/mol.